The third-order valence-corrected chi connectivity index (χ3v) is 4.12. The van der Waals surface area contributed by atoms with Crippen LogP contribution in [-0.2, 0) is 13.1 Å². The number of rotatable bonds is 9. The van der Waals surface area contributed by atoms with Gasteiger partial charge in [0.2, 0.25) is 11.7 Å². The molecule has 1 atom stereocenters. The van der Waals surface area contributed by atoms with Crippen molar-refractivity contribution in [2.75, 3.05) is 7.11 Å². The number of methoxy groups -OCH3 is 1. The minimum Gasteiger partial charge on any atom is -0.493 e. The molecule has 0 aliphatic rings. The van der Waals surface area contributed by atoms with Crippen LogP contribution in [0, 0.1) is 0 Å². The van der Waals surface area contributed by atoms with Gasteiger partial charge in [-0.3, -0.25) is 4.98 Å². The van der Waals surface area contributed by atoms with Crippen LogP contribution in [0.25, 0.3) is 11.4 Å². The van der Waals surface area contributed by atoms with Crippen LogP contribution in [0.4, 0.5) is 0 Å². The van der Waals surface area contributed by atoms with Gasteiger partial charge in [0.1, 0.15) is 0 Å². The molecule has 7 heteroatoms. The Morgan fingerprint density at radius 1 is 1.19 bits per heavy atom. The Labute approximate surface area is 158 Å². The van der Waals surface area contributed by atoms with Gasteiger partial charge in [-0.05, 0) is 43.2 Å². The van der Waals surface area contributed by atoms with Gasteiger partial charge >= 0.3 is 0 Å². The first-order chi connectivity index (χ1) is 13.2. The molecule has 0 fully saturated rings. The van der Waals surface area contributed by atoms with Crippen molar-refractivity contribution < 1.29 is 14.0 Å². The molecule has 0 unspecified atom stereocenters. The maximum atomic E-state index is 5.88. The highest BCUT2D eigenvalue weighted by Crippen LogP contribution is 2.29. The monoisotopic (exact) mass is 368 g/mol. The molecule has 0 aliphatic heterocycles. The Kier molecular flexibility index (Phi) is 6.38. The predicted octanol–water partition coefficient (Wildman–Crippen LogP) is 3.61. The lowest BCUT2D eigenvalue weighted by atomic mass is 10.2. The maximum absolute atomic E-state index is 5.88. The van der Waals surface area contributed by atoms with E-state index in [4.69, 9.17) is 14.0 Å². The van der Waals surface area contributed by atoms with Crippen LogP contribution in [-0.4, -0.2) is 28.3 Å². The van der Waals surface area contributed by atoms with Crippen LogP contribution >= 0.6 is 0 Å². The van der Waals surface area contributed by atoms with Crippen LogP contribution < -0.4 is 14.8 Å². The van der Waals surface area contributed by atoms with Crippen LogP contribution in [0.15, 0.2) is 47.2 Å². The van der Waals surface area contributed by atoms with E-state index in [1.807, 2.05) is 37.3 Å². The van der Waals surface area contributed by atoms with Crippen molar-refractivity contribution >= 4 is 0 Å². The molecule has 0 saturated carbocycles. The molecule has 0 spiro atoms. The second-order valence-corrected chi connectivity index (χ2v) is 6.18. The predicted molar refractivity (Wildman–Crippen MR) is 101 cm³/mol. The lowest BCUT2D eigenvalue weighted by Crippen LogP contribution is -2.14. The molecular formula is C20H24N4O3. The van der Waals surface area contributed by atoms with E-state index >= 15 is 0 Å². The Bertz CT molecular complexity index is 851. The number of nitrogens with zero attached hydrogens (tertiary/aromatic N) is 3. The summed E-state index contributed by atoms with van der Waals surface area (Å²) in [5.41, 5.74) is 1.91. The summed E-state index contributed by atoms with van der Waals surface area (Å²) in [4.78, 5) is 8.44. The minimum absolute atomic E-state index is 0.148. The standard InChI is InChI=1S/C20H24N4O3/c1-4-14(2)26-17-8-7-15(10-18(17)25-3)11-22-13-19-23-20(24-27-19)16-6-5-9-21-12-16/h5-10,12,14,22H,4,11,13H2,1-3H3/t14-/m0/s1. The number of pyridine rings is 1. The smallest absolute Gasteiger partial charge is 0.240 e. The lowest BCUT2D eigenvalue weighted by molar-refractivity contribution is 0.207. The van der Waals surface area contributed by atoms with Crippen molar-refractivity contribution in [3.05, 3.63) is 54.2 Å². The summed E-state index contributed by atoms with van der Waals surface area (Å²) in [5.74, 6) is 2.55. The number of hydrogen-bond donors (Lipinski definition) is 1. The van der Waals surface area contributed by atoms with Gasteiger partial charge in [-0.1, -0.05) is 18.1 Å². The first kappa shape index (κ1) is 18.8. The highest BCUT2D eigenvalue weighted by atomic mass is 16.5. The van der Waals surface area contributed by atoms with Crippen LogP contribution in [0.1, 0.15) is 31.7 Å². The van der Waals surface area contributed by atoms with Crippen molar-refractivity contribution in [2.45, 2.75) is 39.5 Å². The van der Waals surface area contributed by atoms with E-state index in [9.17, 15) is 0 Å². The zero-order chi connectivity index (χ0) is 19.1. The zero-order valence-electron chi connectivity index (χ0n) is 15.8. The molecule has 1 aromatic carbocycles. The molecule has 0 aliphatic carbocycles. The average Bonchev–Trinajstić information content (AvgIpc) is 3.18. The fraction of sp³-hybridized carbons (Fsp3) is 0.350. The summed E-state index contributed by atoms with van der Waals surface area (Å²) in [5, 5.41) is 7.28. The van der Waals surface area contributed by atoms with Gasteiger partial charge in [-0.25, -0.2) is 0 Å². The fourth-order valence-electron chi connectivity index (χ4n) is 2.47. The number of aromatic nitrogens is 3. The average molecular weight is 368 g/mol. The lowest BCUT2D eigenvalue weighted by Gasteiger charge is -2.16. The first-order valence-corrected chi connectivity index (χ1v) is 8.97. The van der Waals surface area contributed by atoms with Gasteiger partial charge in [0.15, 0.2) is 11.5 Å². The van der Waals surface area contributed by atoms with E-state index in [1.54, 1.807) is 19.5 Å². The highest BCUT2D eigenvalue weighted by molar-refractivity contribution is 5.51. The van der Waals surface area contributed by atoms with Crippen LogP contribution in [0.5, 0.6) is 11.5 Å². The van der Waals surface area contributed by atoms with Gasteiger partial charge in [0, 0.05) is 24.5 Å². The molecule has 27 heavy (non-hydrogen) atoms. The van der Waals surface area contributed by atoms with Crippen molar-refractivity contribution in [2.24, 2.45) is 0 Å². The van der Waals surface area contributed by atoms with Crippen molar-refractivity contribution in [3.8, 4) is 22.9 Å². The summed E-state index contributed by atoms with van der Waals surface area (Å²) >= 11 is 0. The van der Waals surface area contributed by atoms with Gasteiger partial charge < -0.3 is 19.3 Å². The third-order valence-electron chi connectivity index (χ3n) is 4.12. The molecule has 1 N–H and O–H groups in total. The Hall–Kier alpha value is -2.93. The molecule has 142 valence electrons. The van der Waals surface area contributed by atoms with Gasteiger partial charge in [-0.15, -0.1) is 0 Å². The molecule has 0 amide bonds. The number of nitrogens with one attached hydrogen (secondary N) is 1. The number of benzene rings is 1. The molecule has 3 aromatic rings. The Balaban J connectivity index is 1.57. The van der Waals surface area contributed by atoms with Crippen molar-refractivity contribution in [1.29, 1.82) is 0 Å². The van der Waals surface area contributed by atoms with Crippen LogP contribution in [0.2, 0.25) is 0 Å². The molecular weight excluding hydrogens is 344 g/mol. The summed E-state index contributed by atoms with van der Waals surface area (Å²) in [6.45, 7) is 5.25. The normalized spacial score (nSPS) is 12.0. The molecule has 2 aromatic heterocycles. The van der Waals surface area contributed by atoms with E-state index in [0.717, 1.165) is 29.0 Å². The number of hydrogen-bond acceptors (Lipinski definition) is 7. The van der Waals surface area contributed by atoms with E-state index < -0.39 is 0 Å². The second-order valence-electron chi connectivity index (χ2n) is 6.18. The van der Waals surface area contributed by atoms with E-state index in [2.05, 4.69) is 27.4 Å². The van der Waals surface area contributed by atoms with Crippen molar-refractivity contribution in [3.63, 3.8) is 0 Å². The molecule has 0 radical (unpaired) electrons. The second kappa shape index (κ2) is 9.14. The summed E-state index contributed by atoms with van der Waals surface area (Å²) in [6.07, 6.45) is 4.50. The van der Waals surface area contributed by atoms with Gasteiger partial charge in [0.05, 0.1) is 19.8 Å². The van der Waals surface area contributed by atoms with Crippen LogP contribution in [0.3, 0.4) is 0 Å². The molecule has 7 nitrogen and oxygen atoms in total. The highest BCUT2D eigenvalue weighted by Gasteiger charge is 2.10. The molecule has 2 heterocycles. The van der Waals surface area contributed by atoms with Crippen molar-refractivity contribution in [1.82, 2.24) is 20.4 Å². The number of ether oxygens (including phenoxy) is 2. The fourth-order valence-corrected chi connectivity index (χ4v) is 2.47. The minimum atomic E-state index is 0.148. The summed E-state index contributed by atoms with van der Waals surface area (Å²) in [6, 6.07) is 9.66. The van der Waals surface area contributed by atoms with E-state index in [-0.39, 0.29) is 6.10 Å². The molecule has 3 rings (SSSR count). The molecule has 0 saturated heterocycles. The van der Waals surface area contributed by atoms with E-state index in [1.165, 1.54) is 0 Å². The largest absolute Gasteiger partial charge is 0.493 e. The maximum Gasteiger partial charge on any atom is 0.240 e. The summed E-state index contributed by atoms with van der Waals surface area (Å²) < 4.78 is 16.6. The Morgan fingerprint density at radius 2 is 2.07 bits per heavy atom. The van der Waals surface area contributed by atoms with Gasteiger partial charge in [0.25, 0.3) is 0 Å². The van der Waals surface area contributed by atoms with Gasteiger partial charge in [-0.2, -0.15) is 4.98 Å². The Morgan fingerprint density at radius 3 is 2.81 bits per heavy atom. The topological polar surface area (TPSA) is 82.3 Å². The summed E-state index contributed by atoms with van der Waals surface area (Å²) in [7, 11) is 1.65. The third kappa shape index (κ3) is 5.04. The zero-order valence-corrected chi connectivity index (χ0v) is 15.8. The first-order valence-electron chi connectivity index (χ1n) is 8.97. The molecule has 0 bridgehead atoms. The quantitative estimate of drug-likeness (QED) is 0.618. The SMILES string of the molecule is CC[C@H](C)Oc1ccc(CNCc2nc(-c3cccnc3)no2)cc1OC. The van der Waals surface area contributed by atoms with E-state index in [0.29, 0.717) is 24.8 Å².